The van der Waals surface area contributed by atoms with Crippen molar-refractivity contribution in [2.24, 2.45) is 0 Å². The van der Waals surface area contributed by atoms with Gasteiger partial charge in [-0.3, -0.25) is 9.59 Å². The summed E-state index contributed by atoms with van der Waals surface area (Å²) in [4.78, 5) is 38.2. The number of aromatic amines is 1. The second-order valence-corrected chi connectivity index (χ2v) is 7.91. The van der Waals surface area contributed by atoms with Gasteiger partial charge in [0.2, 0.25) is 17.6 Å². The van der Waals surface area contributed by atoms with Gasteiger partial charge in [-0.1, -0.05) is 18.2 Å². The van der Waals surface area contributed by atoms with Crippen LogP contribution in [0.4, 0.5) is 0 Å². The first-order chi connectivity index (χ1) is 15.6. The molecule has 0 radical (unpaired) electrons. The van der Waals surface area contributed by atoms with Gasteiger partial charge in [-0.15, -0.1) is 0 Å². The molecule has 1 fully saturated rings. The van der Waals surface area contributed by atoms with Crippen LogP contribution in [-0.4, -0.2) is 44.6 Å². The van der Waals surface area contributed by atoms with Crippen LogP contribution >= 0.6 is 0 Å². The summed E-state index contributed by atoms with van der Waals surface area (Å²) < 4.78 is 6.06. The molecule has 1 unspecified atom stereocenters. The van der Waals surface area contributed by atoms with Crippen molar-refractivity contribution >= 4 is 22.7 Å². The lowest BCUT2D eigenvalue weighted by Crippen LogP contribution is -2.25. The van der Waals surface area contributed by atoms with Crippen molar-refractivity contribution < 1.29 is 14.3 Å². The minimum Gasteiger partial charge on any atom is -0.439 e. The molecule has 1 amide bonds. The molecule has 1 aliphatic rings. The van der Waals surface area contributed by atoms with Gasteiger partial charge >= 0.3 is 0 Å². The lowest BCUT2D eigenvalue weighted by Gasteiger charge is -2.16. The number of nitrogens with one attached hydrogen (secondary N) is 1. The summed E-state index contributed by atoms with van der Waals surface area (Å²) >= 11 is 0. The molecule has 0 aliphatic carbocycles. The van der Waals surface area contributed by atoms with Crippen molar-refractivity contribution in [1.82, 2.24) is 19.9 Å². The minimum atomic E-state index is -0.179. The van der Waals surface area contributed by atoms with Crippen molar-refractivity contribution in [1.29, 1.82) is 0 Å². The number of para-hydroxylation sites is 2. The molecular weight excluding hydrogens is 404 g/mol. The quantitative estimate of drug-likeness (QED) is 0.480. The van der Waals surface area contributed by atoms with Crippen LogP contribution in [0.1, 0.15) is 41.0 Å². The van der Waals surface area contributed by atoms with E-state index in [2.05, 4.69) is 15.0 Å². The summed E-state index contributed by atoms with van der Waals surface area (Å²) in [5.41, 5.74) is 3.09. The van der Waals surface area contributed by atoms with Crippen LogP contribution in [0.15, 0.2) is 66.9 Å². The molecule has 160 valence electrons. The Morgan fingerprint density at radius 3 is 2.62 bits per heavy atom. The maximum absolute atomic E-state index is 12.8. The van der Waals surface area contributed by atoms with E-state index in [0.717, 1.165) is 29.6 Å². The first kappa shape index (κ1) is 19.9. The van der Waals surface area contributed by atoms with E-state index < -0.39 is 0 Å². The number of rotatable bonds is 5. The summed E-state index contributed by atoms with van der Waals surface area (Å²) in [5.74, 6) is 1.52. The van der Waals surface area contributed by atoms with Crippen LogP contribution < -0.4 is 4.74 Å². The first-order valence-electron chi connectivity index (χ1n) is 10.6. The van der Waals surface area contributed by atoms with Gasteiger partial charge in [0.25, 0.3) is 0 Å². The molecule has 2 aromatic carbocycles. The number of carbonyl (C=O) groups is 2. The minimum absolute atomic E-state index is 0.0866. The monoisotopic (exact) mass is 426 g/mol. The smallest absolute Gasteiger partial charge is 0.228 e. The van der Waals surface area contributed by atoms with Gasteiger partial charge in [0.05, 0.1) is 11.0 Å². The molecule has 5 rings (SSSR count). The van der Waals surface area contributed by atoms with E-state index in [-0.39, 0.29) is 17.6 Å². The molecule has 1 saturated heterocycles. The van der Waals surface area contributed by atoms with Gasteiger partial charge in [0.1, 0.15) is 5.75 Å². The van der Waals surface area contributed by atoms with Crippen LogP contribution in [0.5, 0.6) is 11.6 Å². The summed E-state index contributed by atoms with van der Waals surface area (Å²) in [5, 5.41) is 0. The Kier molecular flexibility index (Phi) is 5.15. The van der Waals surface area contributed by atoms with Crippen molar-refractivity contribution in [2.45, 2.75) is 19.3 Å². The maximum atomic E-state index is 12.8. The molecular formula is C25H22N4O3. The molecule has 1 aliphatic heterocycles. The van der Waals surface area contributed by atoms with Gasteiger partial charge < -0.3 is 14.6 Å². The number of aromatic nitrogens is 3. The summed E-state index contributed by atoms with van der Waals surface area (Å²) in [6.07, 6.45) is 2.57. The molecule has 0 bridgehead atoms. The zero-order chi connectivity index (χ0) is 22.1. The molecule has 1 N–H and O–H groups in total. The summed E-state index contributed by atoms with van der Waals surface area (Å²) in [6.45, 7) is 3.01. The highest BCUT2D eigenvalue weighted by Crippen LogP contribution is 2.34. The predicted octanol–water partition coefficient (Wildman–Crippen LogP) is 4.32. The van der Waals surface area contributed by atoms with Crippen LogP contribution in [-0.2, 0) is 4.79 Å². The number of imidazole rings is 1. The molecule has 2 aromatic heterocycles. The standard InChI is InChI=1S/C25H22N4O3/c1-16(30)29-14-12-18(15-29)20-5-4-13-26-25(20)32-19-10-8-17(9-11-19)23(31)24-27-21-6-2-3-7-22(21)28-24/h2-11,13,18H,12,14-15H2,1H3,(H,27,28). The number of nitrogens with zero attached hydrogens (tertiary/aromatic N) is 3. The summed E-state index contributed by atoms with van der Waals surface area (Å²) in [7, 11) is 0. The number of H-pyrrole nitrogens is 1. The highest BCUT2D eigenvalue weighted by Gasteiger charge is 2.28. The Morgan fingerprint density at radius 2 is 1.88 bits per heavy atom. The second-order valence-electron chi connectivity index (χ2n) is 7.91. The Morgan fingerprint density at radius 1 is 1.06 bits per heavy atom. The predicted molar refractivity (Wildman–Crippen MR) is 120 cm³/mol. The third-order valence-electron chi connectivity index (χ3n) is 5.81. The molecule has 3 heterocycles. The molecule has 7 heteroatoms. The number of benzene rings is 2. The van der Waals surface area contributed by atoms with Crippen LogP contribution in [0, 0.1) is 0 Å². The van der Waals surface area contributed by atoms with Crippen molar-refractivity contribution in [3.8, 4) is 11.6 Å². The molecule has 7 nitrogen and oxygen atoms in total. The van der Waals surface area contributed by atoms with Crippen LogP contribution in [0.3, 0.4) is 0 Å². The Bertz CT molecular complexity index is 1260. The first-order valence-corrected chi connectivity index (χ1v) is 10.6. The zero-order valence-electron chi connectivity index (χ0n) is 17.6. The SMILES string of the molecule is CC(=O)N1CCC(c2cccnc2Oc2ccc(C(=O)c3nc4ccccc4[nH]3)cc2)C1. The Labute approximate surface area is 185 Å². The van der Waals surface area contributed by atoms with Gasteiger partial charge in [0.15, 0.2) is 5.82 Å². The van der Waals surface area contributed by atoms with E-state index in [4.69, 9.17) is 4.74 Å². The lowest BCUT2D eigenvalue weighted by molar-refractivity contribution is -0.127. The fourth-order valence-corrected chi connectivity index (χ4v) is 4.08. The van der Waals surface area contributed by atoms with E-state index in [0.29, 0.717) is 29.6 Å². The van der Waals surface area contributed by atoms with Gasteiger partial charge in [-0.05, 0) is 48.9 Å². The molecule has 1 atom stereocenters. The number of pyridine rings is 1. The maximum Gasteiger partial charge on any atom is 0.228 e. The van der Waals surface area contributed by atoms with Gasteiger partial charge in [-0.2, -0.15) is 0 Å². The molecule has 0 spiro atoms. The largest absolute Gasteiger partial charge is 0.439 e. The van der Waals surface area contributed by atoms with Gasteiger partial charge in [-0.25, -0.2) is 9.97 Å². The fraction of sp³-hybridized carbons (Fsp3) is 0.200. The highest BCUT2D eigenvalue weighted by molar-refractivity contribution is 6.08. The van der Waals surface area contributed by atoms with Crippen molar-refractivity contribution in [3.05, 3.63) is 83.8 Å². The highest BCUT2D eigenvalue weighted by atomic mass is 16.5. The van der Waals surface area contributed by atoms with Crippen LogP contribution in [0.2, 0.25) is 0 Å². The van der Waals surface area contributed by atoms with E-state index >= 15 is 0 Å². The Balaban J connectivity index is 1.33. The van der Waals surface area contributed by atoms with E-state index in [1.807, 2.05) is 41.3 Å². The van der Waals surface area contributed by atoms with E-state index in [1.165, 1.54) is 0 Å². The lowest BCUT2D eigenvalue weighted by atomic mass is 10.00. The third kappa shape index (κ3) is 3.85. The molecule has 0 saturated carbocycles. The third-order valence-corrected chi connectivity index (χ3v) is 5.81. The molecule has 32 heavy (non-hydrogen) atoms. The Hall–Kier alpha value is -4.00. The van der Waals surface area contributed by atoms with Crippen molar-refractivity contribution in [2.75, 3.05) is 13.1 Å². The number of hydrogen-bond donors (Lipinski definition) is 1. The number of amides is 1. The fourth-order valence-electron chi connectivity index (χ4n) is 4.08. The normalized spacial score (nSPS) is 15.8. The number of carbonyl (C=O) groups excluding carboxylic acids is 2. The van der Waals surface area contributed by atoms with E-state index in [9.17, 15) is 9.59 Å². The average Bonchev–Trinajstić information content (AvgIpc) is 3.47. The second kappa shape index (κ2) is 8.26. The number of likely N-dealkylation sites (tertiary alicyclic amines) is 1. The topological polar surface area (TPSA) is 88.2 Å². The average molecular weight is 426 g/mol. The number of fused-ring (bicyclic) bond motifs is 1. The number of ketones is 1. The number of ether oxygens (including phenoxy) is 1. The van der Waals surface area contributed by atoms with Gasteiger partial charge in [0, 0.05) is 43.3 Å². The van der Waals surface area contributed by atoms with E-state index in [1.54, 1.807) is 37.4 Å². The zero-order valence-corrected chi connectivity index (χ0v) is 17.6. The molecule has 4 aromatic rings. The number of hydrogen-bond acceptors (Lipinski definition) is 5. The van der Waals surface area contributed by atoms with Crippen molar-refractivity contribution in [3.63, 3.8) is 0 Å². The van der Waals surface area contributed by atoms with Crippen LogP contribution in [0.25, 0.3) is 11.0 Å². The summed E-state index contributed by atoms with van der Waals surface area (Å²) in [6, 6.07) is 18.4.